The van der Waals surface area contributed by atoms with Crippen LogP contribution in [-0.4, -0.2) is 33.5 Å². The Labute approximate surface area is 195 Å². The van der Waals surface area contributed by atoms with Crippen molar-refractivity contribution in [3.05, 3.63) is 94.7 Å². The zero-order valence-corrected chi connectivity index (χ0v) is 18.5. The Balaban J connectivity index is 1.44. The maximum Gasteiger partial charge on any atom is 0.295 e. The zero-order chi connectivity index (χ0) is 23.5. The van der Waals surface area contributed by atoms with E-state index in [0.717, 1.165) is 12.0 Å². The number of nitrogens with one attached hydrogen (secondary N) is 1. The summed E-state index contributed by atoms with van der Waals surface area (Å²) in [6.07, 6.45) is 3.12. The molecule has 0 spiro atoms. The fourth-order valence-electron chi connectivity index (χ4n) is 4.34. The van der Waals surface area contributed by atoms with E-state index in [1.165, 1.54) is 24.3 Å². The molecule has 0 aliphatic carbocycles. The van der Waals surface area contributed by atoms with E-state index in [2.05, 4.69) is 15.3 Å². The van der Waals surface area contributed by atoms with Gasteiger partial charge < -0.3 is 10.2 Å². The Morgan fingerprint density at radius 2 is 1.85 bits per heavy atom. The molecule has 1 aliphatic rings. The van der Waals surface area contributed by atoms with Crippen LogP contribution in [0.4, 0.5) is 15.9 Å². The van der Waals surface area contributed by atoms with E-state index in [1.807, 2.05) is 41.3 Å². The molecular weight excluding hydrogens is 433 g/mol. The summed E-state index contributed by atoms with van der Waals surface area (Å²) in [5, 5.41) is 2.85. The number of hydrogen-bond acceptors (Lipinski definition) is 5. The summed E-state index contributed by atoms with van der Waals surface area (Å²) in [5.74, 6) is -0.489. The molecule has 0 radical (unpaired) electrons. The molecule has 0 saturated carbocycles. The number of carbonyl (C=O) groups is 1. The summed E-state index contributed by atoms with van der Waals surface area (Å²) in [4.78, 5) is 37.4. The molecule has 3 heterocycles. The number of pyridine rings is 1. The number of anilines is 2. The lowest BCUT2D eigenvalue weighted by Crippen LogP contribution is -2.44. The van der Waals surface area contributed by atoms with Crippen LogP contribution in [0.25, 0.3) is 11.2 Å². The number of amides is 1. The van der Waals surface area contributed by atoms with Crippen LogP contribution < -0.4 is 15.8 Å². The van der Waals surface area contributed by atoms with Gasteiger partial charge in [-0.2, -0.15) is 0 Å². The highest BCUT2D eigenvalue weighted by molar-refractivity contribution is 5.93. The smallest absolute Gasteiger partial charge is 0.295 e. The number of piperidine rings is 1. The van der Waals surface area contributed by atoms with Crippen molar-refractivity contribution < 1.29 is 9.18 Å². The van der Waals surface area contributed by atoms with Gasteiger partial charge in [0.2, 0.25) is 5.91 Å². The average molecular weight is 458 g/mol. The maximum absolute atomic E-state index is 13.6. The van der Waals surface area contributed by atoms with Gasteiger partial charge in [0.25, 0.3) is 5.56 Å². The van der Waals surface area contributed by atoms with E-state index in [4.69, 9.17) is 0 Å². The molecule has 8 heteroatoms. The van der Waals surface area contributed by atoms with Crippen molar-refractivity contribution in [1.29, 1.82) is 0 Å². The third-order valence-corrected chi connectivity index (χ3v) is 6.07. The van der Waals surface area contributed by atoms with E-state index in [0.29, 0.717) is 48.7 Å². The van der Waals surface area contributed by atoms with Crippen LogP contribution in [0.15, 0.2) is 77.7 Å². The minimum absolute atomic E-state index is 0.150. The van der Waals surface area contributed by atoms with Crippen LogP contribution in [0.5, 0.6) is 0 Å². The normalized spacial score (nSPS) is 15.9. The van der Waals surface area contributed by atoms with Crippen LogP contribution >= 0.6 is 0 Å². The summed E-state index contributed by atoms with van der Waals surface area (Å²) >= 11 is 0. The van der Waals surface area contributed by atoms with Crippen molar-refractivity contribution in [2.24, 2.45) is 5.92 Å². The van der Waals surface area contributed by atoms with Crippen LogP contribution in [0.2, 0.25) is 0 Å². The van der Waals surface area contributed by atoms with Gasteiger partial charge in [-0.05, 0) is 54.8 Å². The zero-order valence-electron chi connectivity index (χ0n) is 18.5. The minimum atomic E-state index is -0.356. The summed E-state index contributed by atoms with van der Waals surface area (Å²) in [5.41, 5.74) is 2.47. The quantitative estimate of drug-likeness (QED) is 0.493. The number of halogens is 1. The number of hydrogen-bond donors (Lipinski definition) is 1. The van der Waals surface area contributed by atoms with Gasteiger partial charge in [-0.25, -0.2) is 14.4 Å². The molecule has 172 valence electrons. The molecule has 4 aromatic rings. The van der Waals surface area contributed by atoms with Gasteiger partial charge in [-0.3, -0.25) is 14.2 Å². The van der Waals surface area contributed by atoms with Gasteiger partial charge >= 0.3 is 0 Å². The van der Waals surface area contributed by atoms with Gasteiger partial charge in [-0.15, -0.1) is 0 Å². The van der Waals surface area contributed by atoms with E-state index in [9.17, 15) is 14.0 Å². The van der Waals surface area contributed by atoms with Gasteiger partial charge in [0, 0.05) is 25.0 Å². The van der Waals surface area contributed by atoms with Crippen LogP contribution in [0, 0.1) is 11.7 Å². The van der Waals surface area contributed by atoms with Crippen molar-refractivity contribution >= 4 is 28.6 Å². The minimum Gasteiger partial charge on any atom is -0.351 e. The van der Waals surface area contributed by atoms with E-state index >= 15 is 0 Å². The van der Waals surface area contributed by atoms with Gasteiger partial charge in [0.1, 0.15) is 11.3 Å². The van der Waals surface area contributed by atoms with E-state index in [1.54, 1.807) is 16.8 Å². The SMILES string of the molecule is O=C(Nc1ccc(F)cc1)[C@H]1CCCN(c2nc3cccnc3n(Cc3ccccc3)c2=O)C1. The molecule has 7 nitrogen and oxygen atoms in total. The van der Waals surface area contributed by atoms with Gasteiger partial charge in [0.05, 0.1) is 12.5 Å². The van der Waals surface area contributed by atoms with E-state index < -0.39 is 0 Å². The first-order valence-electron chi connectivity index (χ1n) is 11.3. The molecular formula is C26H24FN5O2. The predicted octanol–water partition coefficient (Wildman–Crippen LogP) is 3.83. The van der Waals surface area contributed by atoms with Gasteiger partial charge in [-0.1, -0.05) is 30.3 Å². The Hall–Kier alpha value is -4.07. The highest BCUT2D eigenvalue weighted by atomic mass is 19.1. The molecule has 1 atom stereocenters. The third kappa shape index (κ3) is 4.52. The van der Waals surface area contributed by atoms with E-state index in [-0.39, 0.29) is 23.2 Å². The lowest BCUT2D eigenvalue weighted by atomic mass is 9.97. The first-order valence-corrected chi connectivity index (χ1v) is 11.3. The first-order chi connectivity index (χ1) is 16.6. The first kappa shape index (κ1) is 21.8. The molecule has 1 fully saturated rings. The van der Waals surface area contributed by atoms with Gasteiger partial charge in [0.15, 0.2) is 11.5 Å². The molecule has 5 rings (SSSR count). The highest BCUT2D eigenvalue weighted by Gasteiger charge is 2.29. The summed E-state index contributed by atoms with van der Waals surface area (Å²) in [7, 11) is 0. The molecule has 0 bridgehead atoms. The standard InChI is InChI=1S/C26H24FN5O2/c27-20-10-12-21(13-11-20)29-25(33)19-8-5-15-31(17-19)24-26(34)32(16-18-6-2-1-3-7-18)23-22(30-24)9-4-14-28-23/h1-4,6-7,9-14,19H,5,8,15-17H2,(H,29,33)/t19-/m0/s1. The average Bonchev–Trinajstić information content (AvgIpc) is 2.87. The number of nitrogens with zero attached hydrogens (tertiary/aromatic N) is 4. The second-order valence-electron chi connectivity index (χ2n) is 8.44. The largest absolute Gasteiger partial charge is 0.351 e. The third-order valence-electron chi connectivity index (χ3n) is 6.07. The lowest BCUT2D eigenvalue weighted by Gasteiger charge is -2.32. The van der Waals surface area contributed by atoms with Crippen LogP contribution in [-0.2, 0) is 11.3 Å². The molecule has 2 aromatic carbocycles. The lowest BCUT2D eigenvalue weighted by molar-refractivity contribution is -0.120. The fourth-order valence-corrected chi connectivity index (χ4v) is 4.34. The number of fused-ring (bicyclic) bond motifs is 1. The van der Waals surface area contributed by atoms with Crippen molar-refractivity contribution in [3.8, 4) is 0 Å². The summed E-state index contributed by atoms with van der Waals surface area (Å²) < 4.78 is 14.8. The number of carbonyl (C=O) groups excluding carboxylic acids is 1. The Bertz CT molecular complexity index is 1370. The fraction of sp³-hybridized carbons (Fsp3) is 0.231. The molecule has 1 aliphatic heterocycles. The topological polar surface area (TPSA) is 80.1 Å². The Morgan fingerprint density at radius 3 is 2.65 bits per heavy atom. The highest BCUT2D eigenvalue weighted by Crippen LogP contribution is 2.23. The number of benzene rings is 2. The second-order valence-corrected chi connectivity index (χ2v) is 8.44. The molecule has 34 heavy (non-hydrogen) atoms. The number of aromatic nitrogens is 3. The molecule has 1 N–H and O–H groups in total. The molecule has 1 amide bonds. The molecule has 0 unspecified atom stereocenters. The molecule has 1 saturated heterocycles. The van der Waals surface area contributed by atoms with Crippen molar-refractivity contribution in [2.75, 3.05) is 23.3 Å². The monoisotopic (exact) mass is 457 g/mol. The van der Waals surface area contributed by atoms with Crippen LogP contribution in [0.3, 0.4) is 0 Å². The van der Waals surface area contributed by atoms with Crippen molar-refractivity contribution in [1.82, 2.24) is 14.5 Å². The maximum atomic E-state index is 13.6. The molecule has 2 aromatic heterocycles. The predicted molar refractivity (Wildman–Crippen MR) is 129 cm³/mol. The Kier molecular flexibility index (Phi) is 6.03. The second kappa shape index (κ2) is 9.43. The van der Waals surface area contributed by atoms with Crippen LogP contribution in [0.1, 0.15) is 18.4 Å². The van der Waals surface area contributed by atoms with Crippen molar-refractivity contribution in [2.45, 2.75) is 19.4 Å². The Morgan fingerprint density at radius 1 is 1.06 bits per heavy atom. The summed E-state index contributed by atoms with van der Waals surface area (Å²) in [6, 6.07) is 19.1. The van der Waals surface area contributed by atoms with Crippen molar-refractivity contribution in [3.63, 3.8) is 0 Å². The number of rotatable bonds is 5. The summed E-state index contributed by atoms with van der Waals surface area (Å²) in [6.45, 7) is 1.40.